The molecule has 0 spiro atoms. The summed E-state index contributed by atoms with van der Waals surface area (Å²) in [5, 5.41) is 3.19. The molecule has 1 heterocycles. The first kappa shape index (κ1) is 23.7. The SMILES string of the molecule is CN=C(NCCOCCS(C)(=O)=O)N(C)Cc1cc(Br)cn1C.I. The van der Waals surface area contributed by atoms with E-state index in [1.54, 1.807) is 7.05 Å². The van der Waals surface area contributed by atoms with E-state index in [1.807, 2.05) is 25.2 Å². The van der Waals surface area contributed by atoms with Crippen LogP contribution in [0.1, 0.15) is 5.69 Å². The first-order chi connectivity index (χ1) is 10.7. The van der Waals surface area contributed by atoms with E-state index in [1.165, 1.54) is 6.26 Å². The van der Waals surface area contributed by atoms with Crippen molar-refractivity contribution in [3.8, 4) is 0 Å². The van der Waals surface area contributed by atoms with Crippen LogP contribution in [0.5, 0.6) is 0 Å². The summed E-state index contributed by atoms with van der Waals surface area (Å²) in [6, 6.07) is 2.07. The standard InChI is InChI=1S/C14H25BrN4O3S.HI/c1-16-14(17-5-6-22-7-8-23(4,20)21)19(3)11-13-9-12(15)10-18(13)2;/h9-10H,5-8,11H2,1-4H3,(H,16,17);1H. The zero-order valence-corrected chi connectivity index (χ0v) is 19.2. The van der Waals surface area contributed by atoms with E-state index in [4.69, 9.17) is 4.74 Å². The topological polar surface area (TPSA) is 75.9 Å². The zero-order valence-electron chi connectivity index (χ0n) is 14.5. The number of aliphatic imine (C=N–C) groups is 1. The summed E-state index contributed by atoms with van der Waals surface area (Å²) in [7, 11) is 2.72. The second kappa shape index (κ2) is 11.3. The minimum Gasteiger partial charge on any atom is -0.379 e. The number of nitrogens with one attached hydrogen (secondary N) is 1. The summed E-state index contributed by atoms with van der Waals surface area (Å²) in [6.45, 7) is 1.93. The Hall–Kier alpha value is -0.330. The summed E-state index contributed by atoms with van der Waals surface area (Å²) in [4.78, 5) is 6.25. The lowest BCUT2D eigenvalue weighted by Crippen LogP contribution is -2.40. The van der Waals surface area contributed by atoms with Gasteiger partial charge < -0.3 is 19.5 Å². The molecule has 1 N–H and O–H groups in total. The highest BCUT2D eigenvalue weighted by Crippen LogP contribution is 2.14. The monoisotopic (exact) mass is 536 g/mol. The molecule has 0 saturated carbocycles. The molecule has 0 atom stereocenters. The number of guanidine groups is 1. The van der Waals surface area contributed by atoms with Gasteiger partial charge in [-0.25, -0.2) is 8.42 Å². The van der Waals surface area contributed by atoms with Crippen molar-refractivity contribution >= 4 is 55.7 Å². The molecule has 0 aliphatic heterocycles. The van der Waals surface area contributed by atoms with E-state index < -0.39 is 9.84 Å². The second-order valence-electron chi connectivity index (χ2n) is 5.33. The number of ether oxygens (including phenoxy) is 1. The van der Waals surface area contributed by atoms with E-state index in [-0.39, 0.29) is 36.3 Å². The minimum atomic E-state index is -2.97. The van der Waals surface area contributed by atoms with Crippen LogP contribution in [-0.4, -0.2) is 69.7 Å². The molecule has 0 radical (unpaired) electrons. The Morgan fingerprint density at radius 2 is 2.12 bits per heavy atom. The lowest BCUT2D eigenvalue weighted by Gasteiger charge is -2.22. The zero-order chi connectivity index (χ0) is 17.5. The number of hydrogen-bond acceptors (Lipinski definition) is 4. The number of aryl methyl sites for hydroxylation is 1. The van der Waals surface area contributed by atoms with Gasteiger partial charge in [0.1, 0.15) is 9.84 Å². The quantitative estimate of drug-likeness (QED) is 0.236. The van der Waals surface area contributed by atoms with E-state index in [9.17, 15) is 8.42 Å². The van der Waals surface area contributed by atoms with Gasteiger partial charge in [0.15, 0.2) is 5.96 Å². The average Bonchev–Trinajstić information content (AvgIpc) is 2.74. The third-order valence-corrected chi connectivity index (χ3v) is 4.52. The van der Waals surface area contributed by atoms with Gasteiger partial charge in [0.2, 0.25) is 0 Å². The van der Waals surface area contributed by atoms with Gasteiger partial charge in [-0.2, -0.15) is 0 Å². The van der Waals surface area contributed by atoms with Gasteiger partial charge in [-0.1, -0.05) is 0 Å². The van der Waals surface area contributed by atoms with Crippen LogP contribution in [0.25, 0.3) is 0 Å². The largest absolute Gasteiger partial charge is 0.379 e. The van der Waals surface area contributed by atoms with Crippen LogP contribution < -0.4 is 5.32 Å². The van der Waals surface area contributed by atoms with Gasteiger partial charge in [0.25, 0.3) is 0 Å². The van der Waals surface area contributed by atoms with E-state index in [2.05, 4.69) is 36.9 Å². The maximum Gasteiger partial charge on any atom is 0.193 e. The molecule has 0 amide bonds. The Bertz CT molecular complexity index is 634. The Morgan fingerprint density at radius 1 is 1.46 bits per heavy atom. The van der Waals surface area contributed by atoms with Gasteiger partial charge in [-0.3, -0.25) is 4.99 Å². The Kier molecular flexibility index (Phi) is 11.2. The summed E-state index contributed by atoms with van der Waals surface area (Å²) >= 11 is 3.46. The minimum absolute atomic E-state index is 0. The van der Waals surface area contributed by atoms with Crippen molar-refractivity contribution in [3.05, 3.63) is 22.4 Å². The van der Waals surface area contributed by atoms with Crippen molar-refractivity contribution in [2.24, 2.45) is 12.0 Å². The summed E-state index contributed by atoms with van der Waals surface area (Å²) < 4.78 is 30.4. The van der Waals surface area contributed by atoms with E-state index in [0.29, 0.717) is 13.2 Å². The molecule has 24 heavy (non-hydrogen) atoms. The van der Waals surface area contributed by atoms with Gasteiger partial charge in [-0.05, 0) is 22.0 Å². The molecule has 1 rings (SSSR count). The van der Waals surface area contributed by atoms with Crippen LogP contribution >= 0.6 is 39.9 Å². The van der Waals surface area contributed by atoms with Crippen molar-refractivity contribution in [1.29, 1.82) is 0 Å². The van der Waals surface area contributed by atoms with Crippen LogP contribution in [0.4, 0.5) is 0 Å². The fourth-order valence-corrected chi connectivity index (χ4v) is 2.97. The van der Waals surface area contributed by atoms with Crippen LogP contribution in [0.2, 0.25) is 0 Å². The number of halogens is 2. The van der Waals surface area contributed by atoms with Gasteiger partial charge in [-0.15, -0.1) is 24.0 Å². The van der Waals surface area contributed by atoms with Gasteiger partial charge in [0.05, 0.1) is 25.5 Å². The van der Waals surface area contributed by atoms with Gasteiger partial charge in [0, 0.05) is 50.3 Å². The highest BCUT2D eigenvalue weighted by molar-refractivity contribution is 14.0. The van der Waals surface area contributed by atoms with Crippen molar-refractivity contribution < 1.29 is 13.2 Å². The van der Waals surface area contributed by atoms with E-state index >= 15 is 0 Å². The molecule has 0 saturated heterocycles. The third-order valence-electron chi connectivity index (χ3n) is 3.18. The smallest absolute Gasteiger partial charge is 0.193 e. The Morgan fingerprint density at radius 3 is 2.62 bits per heavy atom. The number of aromatic nitrogens is 1. The Labute approximate surface area is 169 Å². The van der Waals surface area contributed by atoms with Crippen molar-refractivity contribution in [1.82, 2.24) is 14.8 Å². The summed E-state index contributed by atoms with van der Waals surface area (Å²) in [5.74, 6) is 0.804. The molecular formula is C14H26BrIN4O3S. The fraction of sp³-hybridized carbons (Fsp3) is 0.643. The summed E-state index contributed by atoms with van der Waals surface area (Å²) in [5.41, 5.74) is 1.16. The van der Waals surface area contributed by atoms with Crippen molar-refractivity contribution in [3.63, 3.8) is 0 Å². The highest BCUT2D eigenvalue weighted by atomic mass is 127. The Balaban J connectivity index is 0.00000529. The predicted octanol–water partition coefficient (Wildman–Crippen LogP) is 1.47. The van der Waals surface area contributed by atoms with Crippen LogP contribution in [0, 0.1) is 0 Å². The maximum absolute atomic E-state index is 11.0. The molecule has 0 fully saturated rings. The molecule has 0 aliphatic carbocycles. The van der Waals surface area contributed by atoms with Crippen LogP contribution in [-0.2, 0) is 28.2 Å². The molecule has 10 heteroatoms. The predicted molar refractivity (Wildman–Crippen MR) is 112 cm³/mol. The average molecular weight is 537 g/mol. The van der Waals surface area contributed by atoms with E-state index in [0.717, 1.165) is 22.7 Å². The lowest BCUT2D eigenvalue weighted by molar-refractivity contribution is 0.153. The maximum atomic E-state index is 11.0. The van der Waals surface area contributed by atoms with Crippen molar-refractivity contribution in [2.75, 3.05) is 45.9 Å². The van der Waals surface area contributed by atoms with Crippen LogP contribution in [0.3, 0.4) is 0 Å². The molecule has 0 bridgehead atoms. The van der Waals surface area contributed by atoms with Gasteiger partial charge >= 0.3 is 0 Å². The second-order valence-corrected chi connectivity index (χ2v) is 8.51. The number of sulfone groups is 1. The molecular weight excluding hydrogens is 511 g/mol. The number of hydrogen-bond donors (Lipinski definition) is 1. The number of rotatable bonds is 8. The summed E-state index contributed by atoms with van der Waals surface area (Å²) in [6.07, 6.45) is 3.21. The highest BCUT2D eigenvalue weighted by Gasteiger charge is 2.09. The number of nitrogens with zero attached hydrogens (tertiary/aromatic N) is 3. The lowest BCUT2D eigenvalue weighted by atomic mass is 10.4. The molecule has 7 nitrogen and oxygen atoms in total. The first-order valence-corrected chi connectivity index (χ1v) is 10.1. The molecule has 0 aliphatic rings. The third kappa shape index (κ3) is 9.23. The molecule has 1 aromatic heterocycles. The molecule has 1 aromatic rings. The fourth-order valence-electron chi connectivity index (χ4n) is 1.97. The first-order valence-electron chi connectivity index (χ1n) is 7.21. The molecule has 140 valence electrons. The molecule has 0 aromatic carbocycles. The molecule has 0 unspecified atom stereocenters. The van der Waals surface area contributed by atoms with Crippen LogP contribution in [0.15, 0.2) is 21.7 Å². The normalized spacial score (nSPS) is 12.0. The van der Waals surface area contributed by atoms with Crippen molar-refractivity contribution in [2.45, 2.75) is 6.54 Å².